The molecule has 160 valence electrons. The molecule has 10 nitrogen and oxygen atoms in total. The van der Waals surface area contributed by atoms with Crippen LogP contribution in [0.25, 0.3) is 16.9 Å². The fraction of sp³-hybridized carbons (Fsp3) is 0.182. The van der Waals surface area contributed by atoms with E-state index in [4.69, 9.17) is 0 Å². The van der Waals surface area contributed by atoms with Crippen molar-refractivity contribution in [1.29, 1.82) is 0 Å². The van der Waals surface area contributed by atoms with Crippen LogP contribution in [0, 0.1) is 13.8 Å². The van der Waals surface area contributed by atoms with Gasteiger partial charge in [-0.2, -0.15) is 10.2 Å². The predicted octanol–water partition coefficient (Wildman–Crippen LogP) is 2.64. The molecule has 4 aromatic heterocycles. The second-order valence-corrected chi connectivity index (χ2v) is 7.60. The van der Waals surface area contributed by atoms with Crippen LogP contribution in [0.2, 0.25) is 0 Å². The van der Waals surface area contributed by atoms with Gasteiger partial charge in [0.05, 0.1) is 18.4 Å². The number of carbonyl (C=O) groups excluding carboxylic acids is 1. The van der Waals surface area contributed by atoms with E-state index >= 15 is 0 Å². The van der Waals surface area contributed by atoms with Crippen molar-refractivity contribution < 1.29 is 4.79 Å². The van der Waals surface area contributed by atoms with E-state index in [2.05, 4.69) is 30.6 Å². The predicted molar refractivity (Wildman–Crippen MR) is 118 cm³/mol. The van der Waals surface area contributed by atoms with Crippen LogP contribution >= 0.6 is 0 Å². The summed E-state index contributed by atoms with van der Waals surface area (Å²) in [6.45, 7) is 4.59. The molecule has 1 N–H and O–H groups in total. The number of fused-ring (bicyclic) bond motifs is 1. The second-order valence-electron chi connectivity index (χ2n) is 7.60. The van der Waals surface area contributed by atoms with Crippen LogP contribution in [-0.2, 0) is 13.6 Å². The van der Waals surface area contributed by atoms with Crippen molar-refractivity contribution in [2.24, 2.45) is 7.05 Å². The monoisotopic (exact) mass is 427 g/mol. The number of rotatable bonds is 5. The largest absolute Gasteiger partial charge is 0.288 e. The van der Waals surface area contributed by atoms with Gasteiger partial charge in [0.25, 0.3) is 5.91 Å². The van der Waals surface area contributed by atoms with Crippen LogP contribution in [-0.4, -0.2) is 45.1 Å². The molecule has 1 amide bonds. The molecule has 0 unspecified atom stereocenters. The van der Waals surface area contributed by atoms with E-state index in [9.17, 15) is 4.79 Å². The minimum Gasteiger partial charge on any atom is -0.288 e. The van der Waals surface area contributed by atoms with Gasteiger partial charge in [0, 0.05) is 30.6 Å². The van der Waals surface area contributed by atoms with Crippen LogP contribution in [0.4, 0.5) is 5.95 Å². The van der Waals surface area contributed by atoms with E-state index in [0.717, 1.165) is 22.5 Å². The van der Waals surface area contributed by atoms with Crippen LogP contribution < -0.4 is 5.32 Å². The summed E-state index contributed by atoms with van der Waals surface area (Å²) in [4.78, 5) is 21.3. The molecule has 0 atom stereocenters. The van der Waals surface area contributed by atoms with Crippen molar-refractivity contribution in [3.05, 3.63) is 77.6 Å². The fourth-order valence-corrected chi connectivity index (χ4v) is 3.43. The molecule has 10 heteroatoms. The lowest BCUT2D eigenvalue weighted by atomic mass is 10.1. The third kappa shape index (κ3) is 3.62. The fourth-order valence-electron chi connectivity index (χ4n) is 3.43. The number of carbonyl (C=O) groups is 1. The summed E-state index contributed by atoms with van der Waals surface area (Å²) in [5, 5.41) is 15.8. The smallest absolute Gasteiger partial charge is 0.278 e. The summed E-state index contributed by atoms with van der Waals surface area (Å²) >= 11 is 0. The summed E-state index contributed by atoms with van der Waals surface area (Å²) in [7, 11) is 1.88. The van der Waals surface area contributed by atoms with E-state index < -0.39 is 5.91 Å². The number of anilines is 1. The molecule has 32 heavy (non-hydrogen) atoms. The number of amides is 1. The third-order valence-electron chi connectivity index (χ3n) is 5.33. The number of aryl methyl sites for hydroxylation is 2. The van der Waals surface area contributed by atoms with Gasteiger partial charge in [-0.25, -0.2) is 19.2 Å². The molecular weight excluding hydrogens is 406 g/mol. The highest BCUT2D eigenvalue weighted by atomic mass is 16.2. The first-order valence-electron chi connectivity index (χ1n) is 10.1. The topological polar surface area (TPSA) is 108 Å². The number of nitrogens with zero attached hydrogens (tertiary/aromatic N) is 8. The Kier molecular flexibility index (Phi) is 4.74. The summed E-state index contributed by atoms with van der Waals surface area (Å²) in [5.74, 6) is -0.187. The SMILES string of the molecule is Cc1ccc(Cn2cnc(NC(=O)c3cc4nccc(-c5cnn(C)c5C)n4n3)n2)cc1. The minimum absolute atomic E-state index is 0.218. The van der Waals surface area contributed by atoms with Crippen LogP contribution in [0.5, 0.6) is 0 Å². The summed E-state index contributed by atoms with van der Waals surface area (Å²) in [6, 6.07) is 11.7. The highest BCUT2D eigenvalue weighted by Gasteiger charge is 2.17. The molecule has 5 rings (SSSR count). The Labute approximate surface area is 183 Å². The average molecular weight is 427 g/mol. The van der Waals surface area contributed by atoms with Gasteiger partial charge in [-0.05, 0) is 25.5 Å². The first kappa shape index (κ1) is 19.6. The van der Waals surface area contributed by atoms with Crippen molar-refractivity contribution in [2.75, 3.05) is 5.32 Å². The first-order valence-corrected chi connectivity index (χ1v) is 10.1. The van der Waals surface area contributed by atoms with Crippen molar-refractivity contribution in [1.82, 2.24) is 39.1 Å². The lowest BCUT2D eigenvalue weighted by molar-refractivity contribution is 0.102. The highest BCUT2D eigenvalue weighted by Crippen LogP contribution is 2.23. The van der Waals surface area contributed by atoms with Gasteiger partial charge >= 0.3 is 0 Å². The Morgan fingerprint density at radius 1 is 1.06 bits per heavy atom. The Morgan fingerprint density at radius 3 is 2.62 bits per heavy atom. The molecule has 5 aromatic rings. The van der Waals surface area contributed by atoms with Gasteiger partial charge in [0.15, 0.2) is 11.3 Å². The minimum atomic E-state index is -0.405. The zero-order valence-corrected chi connectivity index (χ0v) is 17.9. The van der Waals surface area contributed by atoms with Crippen LogP contribution in [0.15, 0.2) is 55.1 Å². The maximum Gasteiger partial charge on any atom is 0.278 e. The summed E-state index contributed by atoms with van der Waals surface area (Å²) < 4.78 is 5.11. The van der Waals surface area contributed by atoms with Crippen molar-refractivity contribution in [2.45, 2.75) is 20.4 Å². The Balaban J connectivity index is 1.36. The van der Waals surface area contributed by atoms with E-state index in [1.807, 2.05) is 51.2 Å². The number of hydrogen-bond donors (Lipinski definition) is 1. The third-order valence-corrected chi connectivity index (χ3v) is 5.33. The molecule has 1 aromatic carbocycles. The highest BCUT2D eigenvalue weighted by molar-refractivity contribution is 6.02. The number of nitrogens with one attached hydrogen (secondary N) is 1. The molecule has 0 saturated heterocycles. The molecule has 0 aliphatic carbocycles. The molecular formula is C22H21N9O. The standard InChI is InChI=1S/C22H21N9O/c1-14-4-6-16(7-5-14)12-30-13-24-22(28-30)26-21(32)18-10-20-23-9-8-19(31(20)27-18)17-11-25-29(3)15(17)2/h4-11,13H,12H2,1-3H3,(H,26,28,32). The second kappa shape index (κ2) is 7.73. The maximum absolute atomic E-state index is 12.8. The van der Waals surface area contributed by atoms with E-state index in [0.29, 0.717) is 12.2 Å². The quantitative estimate of drug-likeness (QED) is 0.462. The molecule has 0 bridgehead atoms. The lowest BCUT2D eigenvalue weighted by Gasteiger charge is -2.03. The van der Waals surface area contributed by atoms with Gasteiger partial charge in [0.2, 0.25) is 5.95 Å². The zero-order valence-electron chi connectivity index (χ0n) is 17.9. The van der Waals surface area contributed by atoms with E-state index in [1.54, 1.807) is 38.7 Å². The Bertz CT molecular complexity index is 1430. The number of benzene rings is 1. The molecule has 0 spiro atoms. The number of aromatic nitrogens is 8. The van der Waals surface area contributed by atoms with Gasteiger partial charge in [-0.15, -0.1) is 5.10 Å². The van der Waals surface area contributed by atoms with Gasteiger partial charge in [-0.3, -0.25) is 14.8 Å². The molecule has 0 saturated carbocycles. The first-order chi connectivity index (χ1) is 15.5. The number of hydrogen-bond acceptors (Lipinski definition) is 6. The van der Waals surface area contributed by atoms with Crippen molar-refractivity contribution >= 4 is 17.5 Å². The van der Waals surface area contributed by atoms with Crippen LogP contribution in [0.3, 0.4) is 0 Å². The summed E-state index contributed by atoms with van der Waals surface area (Å²) in [6.07, 6.45) is 5.05. The van der Waals surface area contributed by atoms with Crippen molar-refractivity contribution in [3.8, 4) is 11.3 Å². The van der Waals surface area contributed by atoms with Crippen molar-refractivity contribution in [3.63, 3.8) is 0 Å². The molecule has 0 radical (unpaired) electrons. The maximum atomic E-state index is 12.8. The zero-order chi connectivity index (χ0) is 22.2. The van der Waals surface area contributed by atoms with Gasteiger partial charge in [0.1, 0.15) is 6.33 Å². The van der Waals surface area contributed by atoms with Crippen LogP contribution in [0.1, 0.15) is 27.3 Å². The molecule has 4 heterocycles. The Morgan fingerprint density at radius 2 is 1.88 bits per heavy atom. The van der Waals surface area contributed by atoms with Gasteiger partial charge in [-0.1, -0.05) is 29.8 Å². The normalized spacial score (nSPS) is 11.2. The van der Waals surface area contributed by atoms with E-state index in [1.165, 1.54) is 5.56 Å². The lowest BCUT2D eigenvalue weighted by Crippen LogP contribution is -2.14. The van der Waals surface area contributed by atoms with Gasteiger partial charge < -0.3 is 0 Å². The van der Waals surface area contributed by atoms with E-state index in [-0.39, 0.29) is 11.6 Å². The molecule has 0 aliphatic rings. The average Bonchev–Trinajstić information content (AvgIpc) is 3.49. The summed E-state index contributed by atoms with van der Waals surface area (Å²) in [5.41, 5.74) is 5.80. The molecule has 0 aliphatic heterocycles. The molecule has 0 fully saturated rings. The Hall–Kier alpha value is -4.34.